The van der Waals surface area contributed by atoms with Crippen molar-refractivity contribution in [2.24, 2.45) is 0 Å². The molecule has 1 rings (SSSR count). The van der Waals surface area contributed by atoms with E-state index in [1.54, 1.807) is 25.3 Å². The van der Waals surface area contributed by atoms with Crippen LogP contribution in [0.3, 0.4) is 0 Å². The maximum atomic E-state index is 12.2. The first-order valence-corrected chi connectivity index (χ1v) is 8.59. The van der Waals surface area contributed by atoms with Gasteiger partial charge in [0.2, 0.25) is 0 Å². The Hall–Kier alpha value is -1.75. The summed E-state index contributed by atoms with van der Waals surface area (Å²) in [5.41, 5.74) is -0.480. The summed E-state index contributed by atoms with van der Waals surface area (Å²) in [5, 5.41) is 20.4. The summed E-state index contributed by atoms with van der Waals surface area (Å²) >= 11 is 0. The van der Waals surface area contributed by atoms with Crippen molar-refractivity contribution in [1.82, 2.24) is 0 Å². The zero-order valence-electron chi connectivity index (χ0n) is 15.2. The maximum Gasteiger partial charge on any atom is 0.314 e. The molecule has 0 aliphatic heterocycles. The Morgan fingerprint density at radius 3 is 2.33 bits per heavy atom. The van der Waals surface area contributed by atoms with Gasteiger partial charge in [0.1, 0.15) is 0 Å². The van der Waals surface area contributed by atoms with Crippen LogP contribution in [-0.4, -0.2) is 36.5 Å². The number of hydrogen-bond donors (Lipinski definition) is 2. The number of aliphatic hydroxyl groups excluding tert-OH is 1. The highest BCUT2D eigenvalue weighted by atomic mass is 16.5. The van der Waals surface area contributed by atoms with Crippen LogP contribution in [0.15, 0.2) is 18.2 Å². The van der Waals surface area contributed by atoms with Crippen molar-refractivity contribution in [2.75, 3.05) is 14.2 Å². The lowest BCUT2D eigenvalue weighted by molar-refractivity contribution is -0.145. The van der Waals surface area contributed by atoms with Crippen molar-refractivity contribution in [1.29, 1.82) is 0 Å². The van der Waals surface area contributed by atoms with Gasteiger partial charge in [-0.25, -0.2) is 0 Å². The molecule has 136 valence electrons. The fraction of sp³-hybridized carbons (Fsp3) is 0.632. The van der Waals surface area contributed by atoms with E-state index in [1.807, 2.05) is 6.92 Å². The molecule has 0 bridgehead atoms. The molecule has 0 saturated heterocycles. The summed E-state index contributed by atoms with van der Waals surface area (Å²) in [6.45, 7) is 4.01. The van der Waals surface area contributed by atoms with Crippen LogP contribution in [0.2, 0.25) is 0 Å². The zero-order chi connectivity index (χ0) is 18.2. The molecule has 5 nitrogen and oxygen atoms in total. The second-order valence-corrected chi connectivity index (χ2v) is 6.21. The van der Waals surface area contributed by atoms with Crippen molar-refractivity contribution in [3.8, 4) is 11.5 Å². The summed E-state index contributed by atoms with van der Waals surface area (Å²) in [4.78, 5) is 12.2. The quantitative estimate of drug-likeness (QED) is 0.642. The van der Waals surface area contributed by atoms with Gasteiger partial charge in [0.15, 0.2) is 11.5 Å². The first-order valence-electron chi connectivity index (χ1n) is 8.59. The van der Waals surface area contributed by atoms with E-state index in [0.29, 0.717) is 36.3 Å². The van der Waals surface area contributed by atoms with E-state index in [4.69, 9.17) is 9.47 Å². The molecule has 0 spiro atoms. The lowest BCUT2D eigenvalue weighted by Gasteiger charge is -2.32. The predicted molar refractivity (Wildman–Crippen MR) is 93.9 cm³/mol. The fourth-order valence-corrected chi connectivity index (χ4v) is 3.19. The SMILES string of the molecule is CCCCC(O)CC(CCC)(C(=O)O)c1ccc(OC)c(OC)c1. The van der Waals surface area contributed by atoms with E-state index in [1.165, 1.54) is 7.11 Å². The third-order valence-corrected chi connectivity index (χ3v) is 4.50. The van der Waals surface area contributed by atoms with Crippen LogP contribution < -0.4 is 9.47 Å². The predicted octanol–water partition coefficient (Wildman–Crippen LogP) is 3.77. The third-order valence-electron chi connectivity index (χ3n) is 4.50. The monoisotopic (exact) mass is 338 g/mol. The number of aliphatic carboxylic acids is 1. The Kier molecular flexibility index (Phi) is 8.05. The number of carboxylic acid groups (broad SMARTS) is 1. The van der Waals surface area contributed by atoms with Crippen molar-refractivity contribution in [2.45, 2.75) is 63.9 Å². The molecule has 2 unspecified atom stereocenters. The van der Waals surface area contributed by atoms with Crippen molar-refractivity contribution in [3.63, 3.8) is 0 Å². The van der Waals surface area contributed by atoms with Gasteiger partial charge in [-0.05, 0) is 37.0 Å². The highest BCUT2D eigenvalue weighted by Gasteiger charge is 2.41. The molecule has 0 aliphatic rings. The fourth-order valence-electron chi connectivity index (χ4n) is 3.19. The van der Waals surface area contributed by atoms with E-state index >= 15 is 0 Å². The maximum absolute atomic E-state index is 12.2. The third kappa shape index (κ3) is 4.63. The molecule has 1 aromatic rings. The Balaban J connectivity index is 3.28. The normalized spacial score (nSPS) is 14.7. The summed E-state index contributed by atoms with van der Waals surface area (Å²) < 4.78 is 10.6. The standard InChI is InChI=1S/C19H30O5/c1-5-7-8-15(20)13-19(11-6-2,18(21)22)14-9-10-16(23-3)17(12-14)24-4/h9-10,12,15,20H,5-8,11,13H2,1-4H3,(H,21,22). The van der Waals surface area contributed by atoms with Gasteiger partial charge >= 0.3 is 5.97 Å². The number of hydrogen-bond acceptors (Lipinski definition) is 4. The number of methoxy groups -OCH3 is 2. The molecule has 0 saturated carbocycles. The largest absolute Gasteiger partial charge is 0.493 e. The average molecular weight is 338 g/mol. The molecule has 0 amide bonds. The molecule has 0 heterocycles. The lowest BCUT2D eigenvalue weighted by Crippen LogP contribution is -2.39. The van der Waals surface area contributed by atoms with Gasteiger partial charge in [0, 0.05) is 0 Å². The van der Waals surface area contributed by atoms with Crippen LogP contribution in [0.1, 0.15) is 57.9 Å². The minimum Gasteiger partial charge on any atom is -0.493 e. The lowest BCUT2D eigenvalue weighted by atomic mass is 9.72. The van der Waals surface area contributed by atoms with Gasteiger partial charge in [-0.15, -0.1) is 0 Å². The number of carbonyl (C=O) groups is 1. The smallest absolute Gasteiger partial charge is 0.314 e. The van der Waals surface area contributed by atoms with Gasteiger partial charge in [0.05, 0.1) is 25.7 Å². The topological polar surface area (TPSA) is 76.0 Å². The van der Waals surface area contributed by atoms with Crippen LogP contribution in [-0.2, 0) is 10.2 Å². The molecule has 0 aliphatic carbocycles. The van der Waals surface area contributed by atoms with Gasteiger partial charge in [-0.3, -0.25) is 4.79 Å². The van der Waals surface area contributed by atoms with Gasteiger partial charge < -0.3 is 19.7 Å². The second-order valence-electron chi connectivity index (χ2n) is 6.21. The highest BCUT2D eigenvalue weighted by molar-refractivity contribution is 5.82. The van der Waals surface area contributed by atoms with E-state index in [-0.39, 0.29) is 6.42 Å². The van der Waals surface area contributed by atoms with Gasteiger partial charge in [-0.1, -0.05) is 39.2 Å². The summed E-state index contributed by atoms with van der Waals surface area (Å²) in [5.74, 6) is 0.149. The second kappa shape index (κ2) is 9.52. The molecule has 0 radical (unpaired) electrons. The van der Waals surface area contributed by atoms with E-state index < -0.39 is 17.5 Å². The van der Waals surface area contributed by atoms with E-state index in [0.717, 1.165) is 12.8 Å². The molecule has 0 aromatic heterocycles. The number of rotatable bonds is 11. The molecular formula is C19H30O5. The summed E-state index contributed by atoms with van der Waals surface area (Å²) in [7, 11) is 3.07. The Morgan fingerprint density at radius 1 is 1.17 bits per heavy atom. The number of unbranched alkanes of at least 4 members (excludes halogenated alkanes) is 1. The summed E-state index contributed by atoms with van der Waals surface area (Å²) in [6.07, 6.45) is 3.20. The average Bonchev–Trinajstić information content (AvgIpc) is 2.58. The van der Waals surface area contributed by atoms with Crippen molar-refractivity contribution in [3.05, 3.63) is 23.8 Å². The van der Waals surface area contributed by atoms with Crippen molar-refractivity contribution >= 4 is 5.97 Å². The molecular weight excluding hydrogens is 308 g/mol. The molecule has 5 heteroatoms. The Morgan fingerprint density at radius 2 is 1.83 bits per heavy atom. The van der Waals surface area contributed by atoms with Crippen LogP contribution >= 0.6 is 0 Å². The minimum absolute atomic E-state index is 0.200. The molecule has 2 N–H and O–H groups in total. The van der Waals surface area contributed by atoms with Crippen LogP contribution in [0.4, 0.5) is 0 Å². The first kappa shape index (κ1) is 20.3. The van der Waals surface area contributed by atoms with Crippen LogP contribution in [0.5, 0.6) is 11.5 Å². The van der Waals surface area contributed by atoms with Gasteiger partial charge in [0.25, 0.3) is 0 Å². The number of benzene rings is 1. The minimum atomic E-state index is -1.12. The van der Waals surface area contributed by atoms with Crippen molar-refractivity contribution < 1.29 is 24.5 Å². The van der Waals surface area contributed by atoms with Crippen LogP contribution in [0.25, 0.3) is 0 Å². The number of aliphatic hydroxyl groups is 1. The Bertz CT molecular complexity index is 528. The molecule has 1 aromatic carbocycles. The highest BCUT2D eigenvalue weighted by Crippen LogP contribution is 2.39. The molecule has 24 heavy (non-hydrogen) atoms. The van der Waals surface area contributed by atoms with Gasteiger partial charge in [-0.2, -0.15) is 0 Å². The van der Waals surface area contributed by atoms with E-state index in [9.17, 15) is 15.0 Å². The first-order chi connectivity index (χ1) is 11.4. The zero-order valence-corrected chi connectivity index (χ0v) is 15.2. The number of carboxylic acids is 1. The molecule has 2 atom stereocenters. The van der Waals surface area contributed by atoms with Crippen LogP contribution in [0, 0.1) is 0 Å². The molecule has 0 fully saturated rings. The number of ether oxygens (including phenoxy) is 2. The summed E-state index contributed by atoms with van der Waals surface area (Å²) in [6, 6.07) is 5.20. The van der Waals surface area contributed by atoms with E-state index in [2.05, 4.69) is 6.92 Å². The Labute approximate surface area is 144 Å².